The van der Waals surface area contributed by atoms with Crippen molar-refractivity contribution in [2.75, 3.05) is 31.1 Å². The van der Waals surface area contributed by atoms with Crippen molar-refractivity contribution in [3.63, 3.8) is 0 Å². The molecule has 2 saturated heterocycles. The molecule has 0 saturated carbocycles. The molecule has 0 spiro atoms. The maximum absolute atomic E-state index is 12.9. The maximum atomic E-state index is 12.9. The van der Waals surface area contributed by atoms with Gasteiger partial charge in [0, 0.05) is 43.7 Å². The average molecular weight is 250 g/mol. The van der Waals surface area contributed by atoms with Crippen LogP contribution in [0.5, 0.6) is 0 Å². The smallest absolute Gasteiger partial charge is 0.407 e. The molecule has 0 aromatic heterocycles. The first kappa shape index (κ1) is 11.3. The molecule has 1 aromatic rings. The summed E-state index contributed by atoms with van der Waals surface area (Å²) >= 11 is 0. The van der Waals surface area contributed by atoms with E-state index >= 15 is 0 Å². The van der Waals surface area contributed by atoms with E-state index in [0.29, 0.717) is 24.9 Å². The van der Waals surface area contributed by atoms with E-state index in [-0.39, 0.29) is 5.82 Å². The highest BCUT2D eigenvalue weighted by Gasteiger charge is 2.41. The molecule has 0 bridgehead atoms. The van der Waals surface area contributed by atoms with Gasteiger partial charge >= 0.3 is 6.09 Å². The Morgan fingerprint density at radius 3 is 2.17 bits per heavy atom. The zero-order chi connectivity index (χ0) is 12.7. The Bertz CT molecular complexity index is 449. The summed E-state index contributed by atoms with van der Waals surface area (Å²) in [5, 5.41) is 8.95. The fourth-order valence-electron chi connectivity index (χ4n) is 3.01. The van der Waals surface area contributed by atoms with E-state index < -0.39 is 6.09 Å². The Balaban J connectivity index is 1.68. The van der Waals surface area contributed by atoms with Gasteiger partial charge in [0.25, 0.3) is 0 Å². The summed E-state index contributed by atoms with van der Waals surface area (Å²) in [6, 6.07) is 6.50. The van der Waals surface area contributed by atoms with Crippen molar-refractivity contribution in [2.45, 2.75) is 0 Å². The second-order valence-corrected chi connectivity index (χ2v) is 5.09. The Morgan fingerprint density at radius 1 is 1.11 bits per heavy atom. The number of likely N-dealkylation sites (tertiary alicyclic amines) is 1. The maximum Gasteiger partial charge on any atom is 0.407 e. The van der Waals surface area contributed by atoms with Crippen LogP contribution in [0.4, 0.5) is 14.9 Å². The van der Waals surface area contributed by atoms with Crippen LogP contribution in [0, 0.1) is 17.7 Å². The minimum atomic E-state index is -0.822. The lowest BCUT2D eigenvalue weighted by molar-refractivity contribution is 0.153. The van der Waals surface area contributed by atoms with Crippen LogP contribution in [-0.4, -0.2) is 42.3 Å². The molecular weight excluding hydrogens is 235 g/mol. The summed E-state index contributed by atoms with van der Waals surface area (Å²) < 4.78 is 12.9. The number of carbonyl (C=O) groups is 1. The highest BCUT2D eigenvalue weighted by Crippen LogP contribution is 2.33. The summed E-state index contributed by atoms with van der Waals surface area (Å²) in [5.41, 5.74) is 1.02. The van der Waals surface area contributed by atoms with Gasteiger partial charge in [0.15, 0.2) is 0 Å². The zero-order valence-corrected chi connectivity index (χ0v) is 9.92. The van der Waals surface area contributed by atoms with Crippen LogP contribution in [0.15, 0.2) is 24.3 Å². The van der Waals surface area contributed by atoms with Crippen LogP contribution >= 0.6 is 0 Å². The van der Waals surface area contributed by atoms with E-state index in [4.69, 9.17) is 5.11 Å². The largest absolute Gasteiger partial charge is 0.465 e. The molecule has 1 N–H and O–H groups in total. The van der Waals surface area contributed by atoms with Crippen molar-refractivity contribution in [1.29, 1.82) is 0 Å². The number of benzene rings is 1. The van der Waals surface area contributed by atoms with Crippen molar-refractivity contribution in [1.82, 2.24) is 4.90 Å². The van der Waals surface area contributed by atoms with Gasteiger partial charge in [0.05, 0.1) is 0 Å². The second kappa shape index (κ2) is 4.15. The molecule has 5 heteroatoms. The fourth-order valence-corrected chi connectivity index (χ4v) is 3.01. The molecule has 0 aliphatic carbocycles. The molecule has 0 unspecified atom stereocenters. The summed E-state index contributed by atoms with van der Waals surface area (Å²) in [5.74, 6) is 0.590. The SMILES string of the molecule is O=C(O)N1C[C@H]2CN(c3ccc(F)cc3)C[C@@H]2C1. The zero-order valence-electron chi connectivity index (χ0n) is 9.92. The van der Waals surface area contributed by atoms with Crippen LogP contribution in [0.3, 0.4) is 0 Å². The van der Waals surface area contributed by atoms with E-state index in [1.54, 1.807) is 12.1 Å². The Kier molecular flexibility index (Phi) is 2.61. The number of hydrogen-bond donors (Lipinski definition) is 1. The van der Waals surface area contributed by atoms with Gasteiger partial charge in [-0.15, -0.1) is 0 Å². The Hall–Kier alpha value is -1.78. The molecule has 2 heterocycles. The first-order valence-corrected chi connectivity index (χ1v) is 6.12. The molecule has 2 fully saturated rings. The molecule has 1 amide bonds. The molecule has 2 atom stereocenters. The van der Waals surface area contributed by atoms with E-state index in [1.807, 2.05) is 0 Å². The molecular formula is C13H15FN2O2. The van der Waals surface area contributed by atoms with Crippen molar-refractivity contribution < 1.29 is 14.3 Å². The Morgan fingerprint density at radius 2 is 1.67 bits per heavy atom. The Labute approximate surface area is 105 Å². The van der Waals surface area contributed by atoms with Crippen LogP contribution in [0.25, 0.3) is 0 Å². The number of halogens is 1. The molecule has 2 aliphatic heterocycles. The lowest BCUT2D eigenvalue weighted by atomic mass is 10.0. The number of anilines is 1. The van der Waals surface area contributed by atoms with Gasteiger partial charge in [0.1, 0.15) is 5.82 Å². The first-order chi connectivity index (χ1) is 8.63. The third-order valence-electron chi connectivity index (χ3n) is 3.95. The van der Waals surface area contributed by atoms with Crippen molar-refractivity contribution in [3.8, 4) is 0 Å². The number of nitrogens with zero attached hydrogens (tertiary/aromatic N) is 2. The van der Waals surface area contributed by atoms with Gasteiger partial charge in [-0.25, -0.2) is 9.18 Å². The quantitative estimate of drug-likeness (QED) is 0.827. The molecule has 96 valence electrons. The summed E-state index contributed by atoms with van der Waals surface area (Å²) in [6.07, 6.45) is -0.822. The molecule has 3 rings (SSSR count). The third-order valence-corrected chi connectivity index (χ3v) is 3.95. The van der Waals surface area contributed by atoms with Gasteiger partial charge in [-0.2, -0.15) is 0 Å². The van der Waals surface area contributed by atoms with Gasteiger partial charge in [-0.05, 0) is 24.3 Å². The van der Waals surface area contributed by atoms with Crippen LogP contribution in [0.1, 0.15) is 0 Å². The van der Waals surface area contributed by atoms with Gasteiger partial charge in [-0.3, -0.25) is 0 Å². The van der Waals surface area contributed by atoms with Gasteiger partial charge < -0.3 is 14.9 Å². The lowest BCUT2D eigenvalue weighted by Crippen LogP contribution is -2.32. The van der Waals surface area contributed by atoms with Crippen LogP contribution in [0.2, 0.25) is 0 Å². The standard InChI is InChI=1S/C13H15FN2O2/c14-11-1-3-12(4-2-11)15-5-9-7-16(13(17)18)8-10(9)6-15/h1-4,9-10H,5-8H2,(H,17,18)/t9-,10-/m1/s1. The number of rotatable bonds is 1. The third kappa shape index (κ3) is 1.89. The summed E-state index contributed by atoms with van der Waals surface area (Å²) in [7, 11) is 0. The van der Waals surface area contributed by atoms with Crippen molar-refractivity contribution in [2.24, 2.45) is 11.8 Å². The number of carboxylic acid groups (broad SMARTS) is 1. The topological polar surface area (TPSA) is 43.8 Å². The second-order valence-electron chi connectivity index (χ2n) is 5.09. The van der Waals surface area contributed by atoms with E-state index in [2.05, 4.69) is 4.90 Å². The van der Waals surface area contributed by atoms with E-state index in [9.17, 15) is 9.18 Å². The molecule has 1 aromatic carbocycles. The van der Waals surface area contributed by atoms with Gasteiger partial charge in [-0.1, -0.05) is 0 Å². The first-order valence-electron chi connectivity index (χ1n) is 6.12. The minimum absolute atomic E-state index is 0.227. The minimum Gasteiger partial charge on any atom is -0.465 e. The van der Waals surface area contributed by atoms with Crippen molar-refractivity contribution in [3.05, 3.63) is 30.1 Å². The number of hydrogen-bond acceptors (Lipinski definition) is 2. The molecule has 18 heavy (non-hydrogen) atoms. The number of amides is 1. The molecule has 2 aliphatic rings. The van der Waals surface area contributed by atoms with Crippen LogP contribution < -0.4 is 4.90 Å². The van der Waals surface area contributed by atoms with Crippen LogP contribution in [-0.2, 0) is 0 Å². The highest BCUT2D eigenvalue weighted by molar-refractivity contribution is 5.65. The predicted octanol–water partition coefficient (Wildman–Crippen LogP) is 1.87. The van der Waals surface area contributed by atoms with Gasteiger partial charge in [0.2, 0.25) is 0 Å². The van der Waals surface area contributed by atoms with E-state index in [1.165, 1.54) is 17.0 Å². The summed E-state index contributed by atoms with van der Waals surface area (Å²) in [6.45, 7) is 2.97. The molecule has 4 nitrogen and oxygen atoms in total. The fraction of sp³-hybridized carbons (Fsp3) is 0.462. The summed E-state index contributed by atoms with van der Waals surface area (Å²) in [4.78, 5) is 14.6. The number of fused-ring (bicyclic) bond motifs is 1. The van der Waals surface area contributed by atoms with E-state index in [0.717, 1.165) is 18.8 Å². The predicted molar refractivity (Wildman–Crippen MR) is 65.2 cm³/mol. The molecule has 0 radical (unpaired) electrons. The lowest BCUT2D eigenvalue weighted by Gasteiger charge is -2.21. The normalized spacial score (nSPS) is 26.5. The van der Waals surface area contributed by atoms with Crippen molar-refractivity contribution >= 4 is 11.8 Å². The monoisotopic (exact) mass is 250 g/mol. The average Bonchev–Trinajstić information content (AvgIpc) is 2.87. The highest BCUT2D eigenvalue weighted by atomic mass is 19.1.